The molecule has 3 N–H and O–H groups in total. The quantitative estimate of drug-likeness (QED) is 0.684. The van der Waals surface area contributed by atoms with Gasteiger partial charge in [-0.15, -0.1) is 0 Å². The van der Waals surface area contributed by atoms with Crippen molar-refractivity contribution in [1.82, 2.24) is 19.5 Å². The third kappa shape index (κ3) is 2.92. The average Bonchev–Trinajstić information content (AvgIpc) is 2.93. The summed E-state index contributed by atoms with van der Waals surface area (Å²) in [5.41, 5.74) is 0.444. The lowest BCUT2D eigenvalue weighted by Gasteiger charge is -2.39. The normalized spacial score (nSPS) is 25.0. The van der Waals surface area contributed by atoms with E-state index in [-0.39, 0.29) is 19.1 Å². The minimum atomic E-state index is -1.17. The van der Waals surface area contributed by atoms with Gasteiger partial charge in [0.2, 0.25) is 0 Å². The first-order valence-corrected chi connectivity index (χ1v) is 7.55. The maximum absolute atomic E-state index is 12.6. The monoisotopic (exact) mass is 320 g/mol. The van der Waals surface area contributed by atoms with Crippen LogP contribution < -0.4 is 0 Å². The molecule has 23 heavy (non-hydrogen) atoms. The number of carbonyl (C=O) groups is 1. The van der Waals surface area contributed by atoms with Gasteiger partial charge in [0, 0.05) is 32.1 Å². The first-order chi connectivity index (χ1) is 10.9. The van der Waals surface area contributed by atoms with Gasteiger partial charge in [-0.25, -0.2) is 9.50 Å². The molecule has 8 heteroatoms. The third-order valence-electron chi connectivity index (χ3n) is 4.33. The van der Waals surface area contributed by atoms with Crippen molar-refractivity contribution >= 4 is 11.6 Å². The largest absolute Gasteiger partial charge is 0.396 e. The summed E-state index contributed by atoms with van der Waals surface area (Å²) in [6, 6.07) is 0. The molecular formula is C15H20N4O4. The lowest BCUT2D eigenvalue weighted by Crippen LogP contribution is -2.55. The SMILES string of the molecule is C[C@]1(O)CCN(C(=O)c2cnn3cc(CCO)cnc23)C[C@@H]1O. The zero-order valence-electron chi connectivity index (χ0n) is 12.9. The number of amides is 1. The summed E-state index contributed by atoms with van der Waals surface area (Å²) in [4.78, 5) is 18.4. The van der Waals surface area contributed by atoms with Crippen LogP contribution in [0.2, 0.25) is 0 Å². The molecule has 1 fully saturated rings. The van der Waals surface area contributed by atoms with Crippen LogP contribution in [0.15, 0.2) is 18.6 Å². The predicted octanol–water partition coefficient (Wildman–Crippen LogP) is -0.778. The minimum Gasteiger partial charge on any atom is -0.396 e. The predicted molar refractivity (Wildman–Crippen MR) is 80.9 cm³/mol. The second-order valence-corrected chi connectivity index (χ2v) is 6.14. The molecule has 3 rings (SSSR count). The zero-order chi connectivity index (χ0) is 16.6. The van der Waals surface area contributed by atoms with Crippen molar-refractivity contribution in [3.63, 3.8) is 0 Å². The Morgan fingerprint density at radius 3 is 2.96 bits per heavy atom. The number of piperidine rings is 1. The molecule has 124 valence electrons. The van der Waals surface area contributed by atoms with Crippen molar-refractivity contribution in [1.29, 1.82) is 0 Å². The molecule has 8 nitrogen and oxygen atoms in total. The van der Waals surface area contributed by atoms with Crippen LogP contribution in [0.1, 0.15) is 29.3 Å². The number of fused-ring (bicyclic) bond motifs is 1. The van der Waals surface area contributed by atoms with E-state index in [1.54, 1.807) is 19.3 Å². The number of likely N-dealkylation sites (tertiary alicyclic amines) is 1. The Bertz CT molecular complexity index is 727. The maximum Gasteiger partial charge on any atom is 0.259 e. The van der Waals surface area contributed by atoms with Crippen LogP contribution in [0, 0.1) is 0 Å². The van der Waals surface area contributed by atoms with E-state index in [9.17, 15) is 15.0 Å². The fraction of sp³-hybridized carbons (Fsp3) is 0.533. The number of hydrogen-bond donors (Lipinski definition) is 3. The van der Waals surface area contributed by atoms with E-state index in [1.165, 1.54) is 15.6 Å². The van der Waals surface area contributed by atoms with Crippen molar-refractivity contribution in [3.05, 3.63) is 29.7 Å². The molecule has 3 heterocycles. The number of aliphatic hydroxyl groups is 3. The first kappa shape index (κ1) is 15.9. The number of rotatable bonds is 3. The highest BCUT2D eigenvalue weighted by Gasteiger charge is 2.38. The van der Waals surface area contributed by atoms with E-state index in [0.717, 1.165) is 5.56 Å². The highest BCUT2D eigenvalue weighted by Crippen LogP contribution is 2.23. The first-order valence-electron chi connectivity index (χ1n) is 7.55. The van der Waals surface area contributed by atoms with Gasteiger partial charge in [-0.05, 0) is 25.3 Å². The Balaban J connectivity index is 1.84. The maximum atomic E-state index is 12.6. The van der Waals surface area contributed by atoms with Crippen LogP contribution in [-0.2, 0) is 6.42 Å². The molecule has 2 aromatic rings. The molecule has 2 atom stereocenters. The van der Waals surface area contributed by atoms with Gasteiger partial charge in [-0.1, -0.05) is 0 Å². The molecule has 0 aromatic carbocycles. The van der Waals surface area contributed by atoms with Crippen LogP contribution in [0.25, 0.3) is 5.65 Å². The molecular weight excluding hydrogens is 300 g/mol. The topological polar surface area (TPSA) is 111 Å². The Morgan fingerprint density at radius 1 is 1.48 bits per heavy atom. The summed E-state index contributed by atoms with van der Waals surface area (Å²) in [5, 5.41) is 33.0. The van der Waals surface area contributed by atoms with E-state index in [4.69, 9.17) is 5.11 Å². The fourth-order valence-corrected chi connectivity index (χ4v) is 2.70. The smallest absolute Gasteiger partial charge is 0.259 e. The molecule has 1 saturated heterocycles. The Hall–Kier alpha value is -2.03. The second kappa shape index (κ2) is 5.88. The standard InChI is InChI=1S/C15H20N4O4/c1-15(23)3-4-18(9-12(15)21)14(22)11-7-17-19-8-10(2-5-20)6-16-13(11)19/h6-8,12,20-21,23H,2-5,9H2,1H3/t12-,15-/m0/s1. The number of β-amino-alcohol motifs (C(OH)–C–C–N with tert-alkyl or cyclic N) is 1. The highest BCUT2D eigenvalue weighted by molar-refractivity contribution is 5.99. The molecule has 0 unspecified atom stereocenters. The number of aliphatic hydroxyl groups excluding tert-OH is 2. The van der Waals surface area contributed by atoms with Gasteiger partial charge in [0.25, 0.3) is 5.91 Å². The number of nitrogens with zero attached hydrogens (tertiary/aromatic N) is 4. The van der Waals surface area contributed by atoms with Crippen LogP contribution in [0.4, 0.5) is 0 Å². The second-order valence-electron chi connectivity index (χ2n) is 6.14. The summed E-state index contributed by atoms with van der Waals surface area (Å²) < 4.78 is 1.51. The average molecular weight is 320 g/mol. The molecule has 1 aliphatic heterocycles. The van der Waals surface area contributed by atoms with E-state index in [1.807, 2.05) is 0 Å². The van der Waals surface area contributed by atoms with Gasteiger partial charge in [0.05, 0.1) is 17.9 Å². The number of hydrogen-bond acceptors (Lipinski definition) is 6. The molecule has 0 radical (unpaired) electrons. The van der Waals surface area contributed by atoms with Crippen molar-refractivity contribution in [2.24, 2.45) is 0 Å². The molecule has 0 spiro atoms. The van der Waals surface area contributed by atoms with Crippen molar-refractivity contribution in [2.75, 3.05) is 19.7 Å². The molecule has 0 aliphatic carbocycles. The Kier molecular flexibility index (Phi) is 4.05. The van der Waals surface area contributed by atoms with Gasteiger partial charge in [-0.2, -0.15) is 5.10 Å². The summed E-state index contributed by atoms with van der Waals surface area (Å²) in [7, 11) is 0. The van der Waals surface area contributed by atoms with E-state index in [0.29, 0.717) is 30.6 Å². The summed E-state index contributed by atoms with van der Waals surface area (Å²) in [6.07, 6.45) is 4.59. The molecule has 1 aliphatic rings. The number of aromatic nitrogens is 3. The summed E-state index contributed by atoms with van der Waals surface area (Å²) in [6.45, 7) is 2.03. The number of carbonyl (C=O) groups excluding carboxylic acids is 1. The van der Waals surface area contributed by atoms with Crippen LogP contribution in [0.3, 0.4) is 0 Å². The van der Waals surface area contributed by atoms with Crippen LogP contribution >= 0.6 is 0 Å². The van der Waals surface area contributed by atoms with Crippen LogP contribution in [0.5, 0.6) is 0 Å². The van der Waals surface area contributed by atoms with E-state index in [2.05, 4.69) is 10.1 Å². The van der Waals surface area contributed by atoms with Gasteiger partial charge >= 0.3 is 0 Å². The van der Waals surface area contributed by atoms with Crippen molar-refractivity contribution in [3.8, 4) is 0 Å². The minimum absolute atomic E-state index is 0.0197. The van der Waals surface area contributed by atoms with Crippen LogP contribution in [-0.4, -0.2) is 72.1 Å². The molecule has 0 saturated carbocycles. The highest BCUT2D eigenvalue weighted by atomic mass is 16.3. The van der Waals surface area contributed by atoms with Crippen molar-refractivity contribution < 1.29 is 20.1 Å². The van der Waals surface area contributed by atoms with Gasteiger partial charge in [0.1, 0.15) is 5.56 Å². The van der Waals surface area contributed by atoms with Gasteiger partial charge in [0.15, 0.2) is 5.65 Å². The third-order valence-corrected chi connectivity index (χ3v) is 4.33. The lowest BCUT2D eigenvalue weighted by molar-refractivity contribution is -0.0999. The van der Waals surface area contributed by atoms with Crippen molar-refractivity contribution in [2.45, 2.75) is 31.5 Å². The summed E-state index contributed by atoms with van der Waals surface area (Å²) >= 11 is 0. The fourth-order valence-electron chi connectivity index (χ4n) is 2.70. The molecule has 2 aromatic heterocycles. The van der Waals surface area contributed by atoms with Gasteiger partial charge < -0.3 is 20.2 Å². The van der Waals surface area contributed by atoms with E-state index < -0.39 is 11.7 Å². The molecule has 0 bridgehead atoms. The summed E-state index contributed by atoms with van der Waals surface area (Å²) in [5.74, 6) is -0.267. The van der Waals surface area contributed by atoms with E-state index >= 15 is 0 Å². The Labute approximate surface area is 133 Å². The lowest BCUT2D eigenvalue weighted by atomic mass is 9.90. The van der Waals surface area contributed by atoms with Gasteiger partial charge in [-0.3, -0.25) is 4.79 Å². The Morgan fingerprint density at radius 2 is 2.26 bits per heavy atom. The zero-order valence-corrected chi connectivity index (χ0v) is 12.9. The molecule has 1 amide bonds.